The minimum Gasteiger partial charge on any atom is -0.480 e. The lowest BCUT2D eigenvalue weighted by Crippen LogP contribution is -2.58. The van der Waals surface area contributed by atoms with Gasteiger partial charge in [-0.25, -0.2) is 9.78 Å². The first kappa shape index (κ1) is 44.6. The molecule has 21 heteroatoms. The number of nitrogens with one attached hydrogen (secondary N) is 9. The number of aromatic nitrogens is 3. The van der Waals surface area contributed by atoms with Gasteiger partial charge in [-0.1, -0.05) is 18.2 Å². The third-order valence-corrected chi connectivity index (χ3v) is 10.1. The van der Waals surface area contributed by atoms with Crippen LogP contribution >= 0.6 is 25.3 Å². The fourth-order valence-electron chi connectivity index (χ4n) is 6.23. The Morgan fingerprint density at radius 3 is 2.12 bits per heavy atom. The number of nitrogens with two attached hydrogens (primary N) is 1. The van der Waals surface area contributed by atoms with Gasteiger partial charge in [0.25, 0.3) is 0 Å². The summed E-state index contributed by atoms with van der Waals surface area (Å²) in [5.74, 6) is -5.64. The molecule has 6 atom stereocenters. The molecule has 0 aliphatic carbocycles. The molecular formula is C36H51N11O8S2. The number of para-hydroxylation sites is 1. The molecule has 19 nitrogen and oxygen atoms in total. The number of fused-ring (bicyclic) bond motifs is 1. The van der Waals surface area contributed by atoms with Crippen molar-refractivity contribution in [1.29, 1.82) is 0 Å². The van der Waals surface area contributed by atoms with Gasteiger partial charge in [-0.2, -0.15) is 25.3 Å². The average Bonchev–Trinajstić information content (AvgIpc) is 4.01. The van der Waals surface area contributed by atoms with Gasteiger partial charge in [0, 0.05) is 53.3 Å². The second kappa shape index (κ2) is 22.6. The van der Waals surface area contributed by atoms with Crippen molar-refractivity contribution in [3.63, 3.8) is 0 Å². The standard InChI is InChI=1S/C36H51N11O8S2/c37-10-4-3-8-25(36(54)55)44-35(53)29(18-57)47-34(52)27(13-21-15-38-19-42-21)43-30(48)16-41-31(49)28(17-56)46-33(51)26(45-32(50)24-9-5-11-39-24)12-20-14-40-23-7-2-1-6-22(20)23/h1-2,6-7,14-15,19,24-29,39-40,56-57H,3-5,8-13,16-18,37H2,(H,38,42)(H,41,49)(H,43,48)(H,44,53)(H,45,50)(H,46,51)(H,47,52)(H,54,55). The van der Waals surface area contributed by atoms with Crippen molar-refractivity contribution in [2.24, 2.45) is 5.73 Å². The smallest absolute Gasteiger partial charge is 0.326 e. The first-order valence-corrected chi connectivity index (χ1v) is 19.9. The quantitative estimate of drug-likeness (QED) is 0.0368. The van der Waals surface area contributed by atoms with Gasteiger partial charge in [-0.3, -0.25) is 28.8 Å². The van der Waals surface area contributed by atoms with Crippen molar-refractivity contribution in [3.8, 4) is 0 Å². The summed E-state index contributed by atoms with van der Waals surface area (Å²) in [4.78, 5) is 101. The van der Waals surface area contributed by atoms with E-state index in [-0.39, 0.29) is 36.7 Å². The maximum atomic E-state index is 13.7. The van der Waals surface area contributed by atoms with E-state index in [1.807, 2.05) is 24.3 Å². The second-order valence-electron chi connectivity index (χ2n) is 13.6. The van der Waals surface area contributed by atoms with Crippen molar-refractivity contribution >= 4 is 77.6 Å². The summed E-state index contributed by atoms with van der Waals surface area (Å²) < 4.78 is 0. The Labute approximate surface area is 339 Å². The Kier molecular flexibility index (Phi) is 17.7. The molecule has 1 saturated heterocycles. The number of aromatic amines is 2. The number of unbranched alkanes of at least 4 members (excludes halogenated alkanes) is 1. The maximum Gasteiger partial charge on any atom is 0.326 e. The van der Waals surface area contributed by atoms with Crippen LogP contribution in [-0.2, 0) is 46.4 Å². The molecule has 0 saturated carbocycles. The number of imidazole rings is 1. The zero-order valence-electron chi connectivity index (χ0n) is 31.2. The van der Waals surface area contributed by atoms with Gasteiger partial charge in [0.1, 0.15) is 30.2 Å². The number of carboxylic acids is 1. The van der Waals surface area contributed by atoms with Crippen molar-refractivity contribution in [2.75, 3.05) is 31.1 Å². The number of carboxylic acid groups (broad SMARTS) is 1. The molecule has 6 amide bonds. The number of thiol groups is 2. The van der Waals surface area contributed by atoms with E-state index < -0.39 is 78.3 Å². The van der Waals surface area contributed by atoms with Gasteiger partial charge < -0.3 is 58.0 Å². The van der Waals surface area contributed by atoms with Crippen molar-refractivity contribution in [2.45, 2.75) is 81.2 Å². The SMILES string of the molecule is NCCCCC(NC(=O)C(CS)NC(=O)C(Cc1cnc[nH]1)NC(=O)CNC(=O)C(CS)NC(=O)C(Cc1c[nH]c2ccccc12)NC(=O)C1CCCN1)C(=O)O. The van der Waals surface area contributed by atoms with Crippen LogP contribution in [0.15, 0.2) is 43.0 Å². The highest BCUT2D eigenvalue weighted by molar-refractivity contribution is 7.80. The molecule has 2 aromatic heterocycles. The van der Waals surface area contributed by atoms with Gasteiger partial charge >= 0.3 is 5.97 Å². The first-order valence-electron chi connectivity index (χ1n) is 18.6. The predicted octanol–water partition coefficient (Wildman–Crippen LogP) is -1.96. The minimum absolute atomic E-state index is 0.0848. The number of nitrogens with zero attached hydrogens (tertiary/aromatic N) is 1. The molecule has 12 N–H and O–H groups in total. The largest absolute Gasteiger partial charge is 0.480 e. The zero-order chi connectivity index (χ0) is 41.3. The minimum atomic E-state index is -1.27. The highest BCUT2D eigenvalue weighted by Gasteiger charge is 2.32. The number of H-pyrrole nitrogens is 2. The number of benzene rings is 1. The maximum absolute atomic E-state index is 13.7. The summed E-state index contributed by atoms with van der Waals surface area (Å²) in [7, 11) is 0. The van der Waals surface area contributed by atoms with E-state index in [4.69, 9.17) is 5.73 Å². The lowest BCUT2D eigenvalue weighted by Gasteiger charge is -2.24. The van der Waals surface area contributed by atoms with Crippen LogP contribution < -0.4 is 43.0 Å². The highest BCUT2D eigenvalue weighted by Crippen LogP contribution is 2.19. The van der Waals surface area contributed by atoms with Gasteiger partial charge in [0.2, 0.25) is 35.4 Å². The third-order valence-electron chi connectivity index (χ3n) is 9.36. The number of hydrogen-bond acceptors (Lipinski definition) is 12. The molecule has 1 aliphatic rings. The molecule has 6 unspecified atom stereocenters. The Hall–Kier alpha value is -5.12. The summed E-state index contributed by atoms with van der Waals surface area (Å²) in [6.07, 6.45) is 7.22. The summed E-state index contributed by atoms with van der Waals surface area (Å²) >= 11 is 8.40. The number of rotatable bonds is 23. The molecule has 1 fully saturated rings. The van der Waals surface area contributed by atoms with E-state index in [1.54, 1.807) is 6.20 Å². The lowest BCUT2D eigenvalue weighted by molar-refractivity contribution is -0.142. The lowest BCUT2D eigenvalue weighted by atomic mass is 10.0. The normalized spacial score (nSPS) is 16.4. The van der Waals surface area contributed by atoms with Crippen molar-refractivity contribution < 1.29 is 38.7 Å². The van der Waals surface area contributed by atoms with E-state index in [9.17, 15) is 38.7 Å². The molecule has 1 aliphatic heterocycles. The fraction of sp³-hybridized carbons (Fsp3) is 0.500. The Morgan fingerprint density at radius 2 is 1.49 bits per heavy atom. The topological polar surface area (TPSA) is 294 Å². The Balaban J connectivity index is 1.37. The first-order chi connectivity index (χ1) is 27.4. The number of carbonyl (C=O) groups excluding carboxylic acids is 6. The average molecular weight is 830 g/mol. The van der Waals surface area contributed by atoms with E-state index in [0.29, 0.717) is 38.0 Å². The molecule has 0 bridgehead atoms. The molecule has 57 heavy (non-hydrogen) atoms. The zero-order valence-corrected chi connectivity index (χ0v) is 33.0. The summed E-state index contributed by atoms with van der Waals surface area (Å²) in [6, 6.07) is 1.09. The van der Waals surface area contributed by atoms with E-state index in [0.717, 1.165) is 22.9 Å². The molecule has 0 spiro atoms. The van der Waals surface area contributed by atoms with Crippen LogP contribution in [0.1, 0.15) is 43.4 Å². The summed E-state index contributed by atoms with van der Waals surface area (Å²) in [5, 5.41) is 28.9. The van der Waals surface area contributed by atoms with Crippen molar-refractivity contribution in [3.05, 3.63) is 54.2 Å². The van der Waals surface area contributed by atoms with Crippen LogP contribution in [-0.4, -0.2) is 129 Å². The van der Waals surface area contributed by atoms with Gasteiger partial charge in [0.15, 0.2) is 0 Å². The van der Waals surface area contributed by atoms with Gasteiger partial charge in [0.05, 0.1) is 18.9 Å². The fourth-order valence-corrected chi connectivity index (χ4v) is 6.74. The van der Waals surface area contributed by atoms with Crippen LogP contribution in [0.2, 0.25) is 0 Å². The summed E-state index contributed by atoms with van der Waals surface area (Å²) in [6.45, 7) is 0.441. The number of amides is 6. The number of aliphatic carboxylic acids is 1. The van der Waals surface area contributed by atoms with Gasteiger partial charge in [-0.05, 0) is 56.8 Å². The Bertz CT molecular complexity index is 1840. The van der Waals surface area contributed by atoms with Crippen LogP contribution in [0.3, 0.4) is 0 Å². The number of carbonyl (C=O) groups is 7. The van der Waals surface area contributed by atoms with Crippen LogP contribution in [0.4, 0.5) is 0 Å². The predicted molar refractivity (Wildman–Crippen MR) is 216 cm³/mol. The summed E-state index contributed by atoms with van der Waals surface area (Å²) in [5.41, 5.74) is 7.60. The third kappa shape index (κ3) is 13.5. The van der Waals surface area contributed by atoms with Crippen molar-refractivity contribution in [1.82, 2.24) is 52.2 Å². The molecule has 310 valence electrons. The second-order valence-corrected chi connectivity index (χ2v) is 14.3. The van der Waals surface area contributed by atoms with Crippen LogP contribution in [0, 0.1) is 0 Å². The molecule has 3 heterocycles. The van der Waals surface area contributed by atoms with E-state index in [1.165, 1.54) is 12.5 Å². The van der Waals surface area contributed by atoms with E-state index >= 15 is 0 Å². The van der Waals surface area contributed by atoms with Crippen LogP contribution in [0.5, 0.6) is 0 Å². The molecule has 0 radical (unpaired) electrons. The highest BCUT2D eigenvalue weighted by atomic mass is 32.1. The number of hydrogen-bond donors (Lipinski definition) is 13. The van der Waals surface area contributed by atoms with Gasteiger partial charge in [-0.15, -0.1) is 0 Å². The Morgan fingerprint density at radius 1 is 0.825 bits per heavy atom. The van der Waals surface area contributed by atoms with E-state index in [2.05, 4.69) is 77.4 Å². The molecule has 1 aromatic carbocycles. The molecule has 4 rings (SSSR count). The monoisotopic (exact) mass is 829 g/mol. The molecular weight excluding hydrogens is 779 g/mol. The molecule has 3 aromatic rings. The van der Waals surface area contributed by atoms with Crippen LogP contribution in [0.25, 0.3) is 10.9 Å².